The first kappa shape index (κ1) is 59.2. The van der Waals surface area contributed by atoms with Crippen LogP contribution in [0.4, 0.5) is 0 Å². The summed E-state index contributed by atoms with van der Waals surface area (Å²) in [7, 11) is 0. The highest BCUT2D eigenvalue weighted by atomic mass is 15.2. The van der Waals surface area contributed by atoms with E-state index in [4.69, 9.17) is 0 Å². The maximum atomic E-state index is 3.33. The highest BCUT2D eigenvalue weighted by Gasteiger charge is 2.48. The Bertz CT molecular complexity index is 1620. The van der Waals surface area contributed by atoms with Crippen LogP contribution in [0.1, 0.15) is 321 Å². The van der Waals surface area contributed by atoms with Crippen LogP contribution in [-0.4, -0.2) is 46.1 Å². The zero-order valence-electron chi connectivity index (χ0n) is 52.4. The molecule has 0 saturated heterocycles. The van der Waals surface area contributed by atoms with Crippen molar-refractivity contribution in [2.45, 2.75) is 357 Å². The molecule has 4 unspecified atom stereocenters. The summed E-state index contributed by atoms with van der Waals surface area (Å²) in [5.74, 6) is 13.3. The molecule has 80 heavy (non-hydrogen) atoms. The van der Waals surface area contributed by atoms with Crippen LogP contribution in [-0.2, 0) is 0 Å². The Hall–Kier alpha value is -1.12. The van der Waals surface area contributed by atoms with Gasteiger partial charge in [0.15, 0.2) is 0 Å². The van der Waals surface area contributed by atoms with E-state index in [9.17, 15) is 0 Å². The fraction of sp³-hybridized carbons (Fsp3) is 0.897. The summed E-state index contributed by atoms with van der Waals surface area (Å²) in [4.78, 5) is 6.66. The summed E-state index contributed by atoms with van der Waals surface area (Å²) in [5.41, 5.74) is 0. The van der Waals surface area contributed by atoms with E-state index in [0.29, 0.717) is 0 Å². The van der Waals surface area contributed by atoms with E-state index >= 15 is 0 Å². The van der Waals surface area contributed by atoms with E-state index < -0.39 is 0 Å². The minimum Gasteiger partial charge on any atom is -0.294 e. The van der Waals surface area contributed by atoms with E-state index in [1.807, 2.05) is 0 Å². The van der Waals surface area contributed by atoms with Gasteiger partial charge < -0.3 is 0 Å². The topological polar surface area (TPSA) is 6.48 Å². The number of fused-ring (bicyclic) bond motifs is 1. The van der Waals surface area contributed by atoms with Crippen LogP contribution in [0.15, 0.2) is 48.6 Å². The van der Waals surface area contributed by atoms with Gasteiger partial charge in [-0.15, -0.1) is 0 Å². The zero-order chi connectivity index (χ0) is 53.7. The minimum absolute atomic E-state index is 0.857. The normalized spacial score (nSPS) is 41.6. The predicted octanol–water partition coefficient (Wildman–Crippen LogP) is 22.3. The number of nitrogens with zero attached hydrogens (tertiary/aromatic N) is 2. The summed E-state index contributed by atoms with van der Waals surface area (Å²) in [5, 5.41) is 0. The van der Waals surface area contributed by atoms with Crippen molar-refractivity contribution in [2.75, 3.05) is 0 Å². The third kappa shape index (κ3) is 15.9. The average Bonchev–Trinajstić information content (AvgIpc) is 3.56. The first-order chi connectivity index (χ1) is 39.6. The Kier molecular flexibility index (Phi) is 22.6. The molecule has 0 aliphatic heterocycles. The summed E-state index contributed by atoms with van der Waals surface area (Å²) in [6, 6.07) is 5.17. The maximum absolute atomic E-state index is 3.33. The zero-order valence-corrected chi connectivity index (χ0v) is 52.4. The van der Waals surface area contributed by atoms with Crippen molar-refractivity contribution in [1.29, 1.82) is 0 Å². The molecule has 12 rings (SSSR count). The molecule has 0 aromatic rings. The van der Waals surface area contributed by atoms with Gasteiger partial charge in [0.1, 0.15) is 0 Å². The fourth-order valence-corrected chi connectivity index (χ4v) is 22.6. The Balaban J connectivity index is 0.655. The van der Waals surface area contributed by atoms with Crippen molar-refractivity contribution in [2.24, 2.45) is 82.9 Å². The highest BCUT2D eigenvalue weighted by molar-refractivity contribution is 5.05. The number of hydrogen-bond acceptors (Lipinski definition) is 2. The molecular formula is C78H128N2. The van der Waals surface area contributed by atoms with Crippen LogP contribution in [0.2, 0.25) is 0 Å². The van der Waals surface area contributed by atoms with E-state index in [1.54, 1.807) is 64.2 Å². The number of allylic oxidation sites excluding steroid dienone is 8. The van der Waals surface area contributed by atoms with Gasteiger partial charge >= 0.3 is 0 Å². The van der Waals surface area contributed by atoms with Gasteiger partial charge in [-0.1, -0.05) is 138 Å². The molecule has 0 aromatic heterocycles. The van der Waals surface area contributed by atoms with E-state index in [0.717, 1.165) is 119 Å². The predicted molar refractivity (Wildman–Crippen MR) is 343 cm³/mol. The SMILES string of the molecule is C(=CC1CCC(N(C2CCC(C=CC3CCCCC3)CC2)C2CCC(C3CCCC4C(C5CCC(N(C6CCC(C=CC7CCCCC7)CC6)C6CCC(C=CC7CCCCC7)CC6)CC5)CCCC34)CC2)CC1)C1CCCCC1. The monoisotopic (exact) mass is 1090 g/mol. The van der Waals surface area contributed by atoms with Crippen molar-refractivity contribution >= 4 is 0 Å². The molecule has 12 aliphatic carbocycles. The number of hydrogen-bond donors (Lipinski definition) is 0. The average molecular weight is 1090 g/mol. The molecule has 0 aromatic carbocycles. The third-order valence-corrected chi connectivity index (χ3v) is 27.2. The molecule has 2 nitrogen and oxygen atoms in total. The lowest BCUT2D eigenvalue weighted by molar-refractivity contribution is -0.0386. The molecule has 12 aliphatic rings. The molecule has 12 fully saturated rings. The quantitative estimate of drug-likeness (QED) is 0.142. The Morgan fingerprint density at radius 3 is 0.562 bits per heavy atom. The smallest absolute Gasteiger partial charge is 0.0102 e. The third-order valence-electron chi connectivity index (χ3n) is 27.2. The molecule has 0 radical (unpaired) electrons. The van der Waals surface area contributed by atoms with Crippen LogP contribution in [0.5, 0.6) is 0 Å². The lowest BCUT2D eigenvalue weighted by Crippen LogP contribution is -2.53. The molecular weight excluding hydrogens is 965 g/mol. The molecule has 450 valence electrons. The molecule has 0 N–H and O–H groups in total. The van der Waals surface area contributed by atoms with Gasteiger partial charge in [0, 0.05) is 36.3 Å². The second-order valence-corrected chi connectivity index (χ2v) is 32.0. The Morgan fingerprint density at radius 1 is 0.150 bits per heavy atom. The second-order valence-electron chi connectivity index (χ2n) is 32.0. The molecule has 12 saturated carbocycles. The van der Waals surface area contributed by atoms with Crippen LogP contribution in [0, 0.1) is 82.9 Å². The van der Waals surface area contributed by atoms with Gasteiger partial charge in [0.2, 0.25) is 0 Å². The first-order valence-corrected chi connectivity index (χ1v) is 37.9. The summed E-state index contributed by atoms with van der Waals surface area (Å²) >= 11 is 0. The van der Waals surface area contributed by atoms with Gasteiger partial charge in [-0.3, -0.25) is 9.80 Å². The lowest BCUT2D eigenvalue weighted by atomic mass is 9.54. The van der Waals surface area contributed by atoms with Crippen LogP contribution in [0.25, 0.3) is 0 Å². The van der Waals surface area contributed by atoms with Gasteiger partial charge in [0.25, 0.3) is 0 Å². The standard InChI is InChI=1S/C78H128N2/c1-5-15-59(16-6-1)27-31-63-35-47-69(48-36-63)79(70-49-37-64(38-50-70)32-28-60-17-7-2-8-18-60)73-55-43-67(44-56-73)75-23-13-26-78-76(24-14-25-77(75)78)68-45-57-74(58-46-68)80(71-51-39-65(40-52-71)33-29-61-19-9-3-10-20-61)72-53-41-66(42-54-72)34-30-62-21-11-4-12-22-62/h27-34,59-78H,1-26,35-58H2. The van der Waals surface area contributed by atoms with Crippen molar-refractivity contribution in [3.8, 4) is 0 Å². The van der Waals surface area contributed by atoms with Crippen LogP contribution in [0.3, 0.4) is 0 Å². The maximum Gasteiger partial charge on any atom is 0.0102 e. The van der Waals surface area contributed by atoms with Crippen molar-refractivity contribution in [3.63, 3.8) is 0 Å². The largest absolute Gasteiger partial charge is 0.294 e. The Morgan fingerprint density at radius 2 is 0.338 bits per heavy atom. The number of rotatable bonds is 16. The van der Waals surface area contributed by atoms with E-state index in [1.165, 1.54) is 257 Å². The molecule has 0 heterocycles. The van der Waals surface area contributed by atoms with Crippen LogP contribution >= 0.6 is 0 Å². The van der Waals surface area contributed by atoms with Crippen molar-refractivity contribution in [1.82, 2.24) is 9.80 Å². The van der Waals surface area contributed by atoms with E-state index in [2.05, 4.69) is 58.4 Å². The highest BCUT2D eigenvalue weighted by Crippen LogP contribution is 2.56. The summed E-state index contributed by atoms with van der Waals surface area (Å²) in [6.45, 7) is 0. The van der Waals surface area contributed by atoms with Crippen LogP contribution < -0.4 is 0 Å². The Labute approximate surface area is 496 Å². The van der Waals surface area contributed by atoms with Gasteiger partial charge in [-0.05, 0) is 314 Å². The molecule has 0 bridgehead atoms. The fourth-order valence-electron chi connectivity index (χ4n) is 22.6. The van der Waals surface area contributed by atoms with Crippen molar-refractivity contribution in [3.05, 3.63) is 48.6 Å². The van der Waals surface area contributed by atoms with Crippen molar-refractivity contribution < 1.29 is 0 Å². The van der Waals surface area contributed by atoms with Gasteiger partial charge in [0.05, 0.1) is 0 Å². The summed E-state index contributed by atoms with van der Waals surface area (Å²) < 4.78 is 0. The van der Waals surface area contributed by atoms with E-state index in [-0.39, 0.29) is 0 Å². The molecule has 0 spiro atoms. The van der Waals surface area contributed by atoms with Gasteiger partial charge in [-0.2, -0.15) is 0 Å². The minimum atomic E-state index is 0.857. The molecule has 2 heteroatoms. The molecule has 4 atom stereocenters. The lowest BCUT2D eigenvalue weighted by Gasteiger charge is -2.54. The summed E-state index contributed by atoms with van der Waals surface area (Å²) in [6.07, 6.45) is 96.6. The van der Waals surface area contributed by atoms with Gasteiger partial charge in [-0.25, -0.2) is 0 Å². The second kappa shape index (κ2) is 30.5. The first-order valence-electron chi connectivity index (χ1n) is 37.9. The molecule has 0 amide bonds.